The van der Waals surface area contributed by atoms with Gasteiger partial charge in [-0.25, -0.2) is 4.39 Å². The number of anilines is 2. The molecule has 3 aromatic carbocycles. The minimum atomic E-state index is -1.07. The number of carboxylic acid groups (broad SMARTS) is 1. The maximum atomic E-state index is 14.0. The van der Waals surface area contributed by atoms with Gasteiger partial charge in [0.25, 0.3) is 0 Å². The van der Waals surface area contributed by atoms with Gasteiger partial charge in [0, 0.05) is 24.1 Å². The molecule has 1 heterocycles. The van der Waals surface area contributed by atoms with Crippen molar-refractivity contribution in [2.24, 2.45) is 0 Å². The Balaban J connectivity index is 1.59. The first-order valence-corrected chi connectivity index (χ1v) is 14.5. The van der Waals surface area contributed by atoms with Crippen LogP contribution in [0.5, 0.6) is 5.75 Å². The van der Waals surface area contributed by atoms with Crippen LogP contribution in [0.2, 0.25) is 0 Å². The number of carbonyl (C=O) groups is 3. The highest BCUT2D eigenvalue weighted by atomic mass is 19.1. The largest absolute Gasteiger partial charge is 0.494 e. The number of halogens is 1. The molecule has 0 saturated carbocycles. The summed E-state index contributed by atoms with van der Waals surface area (Å²) in [6, 6.07) is 20.2. The summed E-state index contributed by atoms with van der Waals surface area (Å²) >= 11 is 0. The lowest BCUT2D eigenvalue weighted by Gasteiger charge is -2.35. The van der Waals surface area contributed by atoms with E-state index in [2.05, 4.69) is 12.2 Å². The van der Waals surface area contributed by atoms with Gasteiger partial charge in [-0.1, -0.05) is 56.2 Å². The summed E-state index contributed by atoms with van der Waals surface area (Å²) in [5.74, 6) is -1.38. The van der Waals surface area contributed by atoms with E-state index >= 15 is 0 Å². The molecule has 2 atom stereocenters. The molecular formula is C34H35FN2O5. The number of carboxylic acids is 1. The van der Waals surface area contributed by atoms with Gasteiger partial charge in [0.1, 0.15) is 11.6 Å². The molecule has 2 aliphatic rings. The highest BCUT2D eigenvalue weighted by molar-refractivity contribution is 6.06. The molecule has 0 aromatic heterocycles. The quantitative estimate of drug-likeness (QED) is 0.251. The van der Waals surface area contributed by atoms with E-state index in [1.807, 2.05) is 42.5 Å². The second kappa shape index (κ2) is 13.0. The van der Waals surface area contributed by atoms with Crippen molar-refractivity contribution in [1.29, 1.82) is 0 Å². The molecule has 8 heteroatoms. The number of ether oxygens (including phenoxy) is 1. The van der Waals surface area contributed by atoms with Crippen molar-refractivity contribution in [3.05, 3.63) is 101 Å². The number of nitrogens with zero attached hydrogens (tertiary/aromatic N) is 1. The lowest BCUT2D eigenvalue weighted by molar-refractivity contribution is -0.138. The number of allylic oxidation sites excluding steroid dienone is 1. The fourth-order valence-corrected chi connectivity index (χ4v) is 5.77. The highest BCUT2D eigenvalue weighted by Gasteiger charge is 2.41. The van der Waals surface area contributed by atoms with Crippen LogP contribution in [0.1, 0.15) is 75.0 Å². The molecule has 42 heavy (non-hydrogen) atoms. The predicted octanol–water partition coefficient (Wildman–Crippen LogP) is 7.16. The van der Waals surface area contributed by atoms with Crippen molar-refractivity contribution in [3.8, 4) is 5.75 Å². The van der Waals surface area contributed by atoms with Crippen molar-refractivity contribution < 1.29 is 28.6 Å². The number of Topliss-reactive ketones (excluding diaryl/α,β-unsaturated/α-hetero) is 1. The number of carbonyl (C=O) groups excluding carboxylic acids is 2. The van der Waals surface area contributed by atoms with E-state index in [0.717, 1.165) is 30.4 Å². The first kappa shape index (κ1) is 29.0. The lowest BCUT2D eigenvalue weighted by Crippen LogP contribution is -2.38. The number of nitrogens with one attached hydrogen (secondary N) is 1. The molecule has 5 rings (SSSR count). The van der Waals surface area contributed by atoms with E-state index in [4.69, 9.17) is 4.74 Å². The number of ketones is 1. The van der Waals surface area contributed by atoms with Crippen molar-refractivity contribution in [1.82, 2.24) is 0 Å². The van der Waals surface area contributed by atoms with E-state index in [-0.39, 0.29) is 36.8 Å². The highest BCUT2D eigenvalue weighted by Crippen LogP contribution is 2.47. The maximum Gasteiger partial charge on any atom is 0.303 e. The van der Waals surface area contributed by atoms with Crippen LogP contribution < -0.4 is 15.0 Å². The predicted molar refractivity (Wildman–Crippen MR) is 159 cm³/mol. The summed E-state index contributed by atoms with van der Waals surface area (Å²) < 4.78 is 19.6. The van der Waals surface area contributed by atoms with Gasteiger partial charge in [-0.15, -0.1) is 0 Å². The molecule has 218 valence electrons. The fourth-order valence-electron chi connectivity index (χ4n) is 5.77. The Morgan fingerprint density at radius 3 is 2.38 bits per heavy atom. The van der Waals surface area contributed by atoms with Gasteiger partial charge in [-0.2, -0.15) is 0 Å². The molecule has 2 N–H and O–H groups in total. The number of unbranched alkanes of at least 4 members (excludes halogenated alkanes) is 2. The van der Waals surface area contributed by atoms with Crippen molar-refractivity contribution in [3.63, 3.8) is 0 Å². The van der Waals surface area contributed by atoms with E-state index < -0.39 is 17.9 Å². The summed E-state index contributed by atoms with van der Waals surface area (Å²) in [7, 11) is 0. The Bertz CT molecular complexity index is 1480. The monoisotopic (exact) mass is 570 g/mol. The molecule has 1 aliphatic carbocycles. The van der Waals surface area contributed by atoms with Crippen LogP contribution in [0.4, 0.5) is 15.8 Å². The molecule has 0 unspecified atom stereocenters. The Labute approximate surface area is 245 Å². The zero-order chi connectivity index (χ0) is 29.6. The van der Waals surface area contributed by atoms with Crippen molar-refractivity contribution in [2.75, 3.05) is 16.8 Å². The van der Waals surface area contributed by atoms with Gasteiger partial charge >= 0.3 is 5.97 Å². The molecule has 3 aromatic rings. The molecular weight excluding hydrogens is 535 g/mol. The average molecular weight is 571 g/mol. The summed E-state index contributed by atoms with van der Waals surface area (Å²) in [6.45, 7) is 2.74. The fraction of sp³-hybridized carbons (Fsp3) is 0.324. The molecule has 0 fully saturated rings. The van der Waals surface area contributed by atoms with Crippen LogP contribution in [0.3, 0.4) is 0 Å². The van der Waals surface area contributed by atoms with Crippen LogP contribution in [0.15, 0.2) is 84.1 Å². The number of rotatable bonds is 10. The van der Waals surface area contributed by atoms with E-state index in [0.29, 0.717) is 41.4 Å². The average Bonchev–Trinajstić information content (AvgIpc) is 3.13. The van der Waals surface area contributed by atoms with Gasteiger partial charge in [-0.05, 0) is 66.3 Å². The van der Waals surface area contributed by atoms with Gasteiger partial charge in [0.15, 0.2) is 5.78 Å². The molecule has 0 radical (unpaired) electrons. The number of fused-ring (bicyclic) bond motifs is 1. The summed E-state index contributed by atoms with van der Waals surface area (Å²) in [4.78, 5) is 40.8. The van der Waals surface area contributed by atoms with Crippen LogP contribution in [0, 0.1) is 5.82 Å². The Kier molecular flexibility index (Phi) is 9.00. The summed E-state index contributed by atoms with van der Waals surface area (Å²) in [6.07, 6.45) is 3.29. The van der Waals surface area contributed by atoms with Crippen LogP contribution in [-0.2, 0) is 14.4 Å². The third-order valence-electron chi connectivity index (χ3n) is 7.86. The van der Waals surface area contributed by atoms with E-state index in [1.165, 1.54) is 12.1 Å². The third-order valence-corrected chi connectivity index (χ3v) is 7.86. The van der Waals surface area contributed by atoms with Gasteiger partial charge in [0.05, 0.1) is 30.4 Å². The van der Waals surface area contributed by atoms with Crippen LogP contribution in [-0.4, -0.2) is 29.4 Å². The molecule has 1 amide bonds. The smallest absolute Gasteiger partial charge is 0.303 e. The van der Waals surface area contributed by atoms with Gasteiger partial charge < -0.3 is 15.2 Å². The second-order valence-electron chi connectivity index (χ2n) is 10.8. The normalized spacial score (nSPS) is 18.0. The first-order valence-electron chi connectivity index (χ1n) is 14.5. The third kappa shape index (κ3) is 6.38. The van der Waals surface area contributed by atoms with Gasteiger partial charge in [-0.3, -0.25) is 19.3 Å². The standard InChI is InChI=1S/C34H35FN2O5/c1-2-3-6-19-42-26-15-11-23(12-16-26)34-33-28(20-24(21-30(33)38)22-9-13-25(35)14-10-22)36-27-7-4-5-8-29(27)37(34)31(39)17-18-32(40)41/h4-5,7-16,24,34,36H,2-3,6,17-21H2,1H3,(H,40,41)/t24-,34+/m0/s1. The number of hydrogen-bond donors (Lipinski definition) is 2. The number of para-hydroxylation sites is 2. The number of amides is 1. The second-order valence-corrected chi connectivity index (χ2v) is 10.8. The number of aliphatic carboxylic acids is 1. The van der Waals surface area contributed by atoms with Crippen LogP contribution >= 0.6 is 0 Å². The lowest BCUT2D eigenvalue weighted by atomic mass is 9.78. The zero-order valence-corrected chi connectivity index (χ0v) is 23.6. The molecule has 0 saturated heterocycles. The van der Waals surface area contributed by atoms with E-state index in [1.54, 1.807) is 23.1 Å². The Hall–Kier alpha value is -4.46. The topological polar surface area (TPSA) is 95.9 Å². The summed E-state index contributed by atoms with van der Waals surface area (Å²) in [5, 5.41) is 12.8. The molecule has 1 aliphatic heterocycles. The molecule has 0 bridgehead atoms. The molecule has 0 spiro atoms. The van der Waals surface area contributed by atoms with E-state index in [9.17, 15) is 23.9 Å². The minimum absolute atomic E-state index is 0.119. The number of benzene rings is 3. The molecule has 7 nitrogen and oxygen atoms in total. The SMILES string of the molecule is CCCCCOc1ccc([C@@H]2C3=C(C[C@H](c4ccc(F)cc4)CC3=O)Nc3ccccc3N2C(=O)CCC(=O)O)cc1. The minimum Gasteiger partial charge on any atom is -0.494 e. The zero-order valence-electron chi connectivity index (χ0n) is 23.6. The maximum absolute atomic E-state index is 14.0. The van der Waals surface area contributed by atoms with Crippen molar-refractivity contribution >= 4 is 29.0 Å². The Morgan fingerprint density at radius 2 is 1.67 bits per heavy atom. The van der Waals surface area contributed by atoms with Gasteiger partial charge in [0.2, 0.25) is 5.91 Å². The van der Waals surface area contributed by atoms with Crippen LogP contribution in [0.25, 0.3) is 0 Å². The number of hydrogen-bond acceptors (Lipinski definition) is 5. The summed E-state index contributed by atoms with van der Waals surface area (Å²) in [5.41, 5.74) is 3.99. The Morgan fingerprint density at radius 1 is 0.952 bits per heavy atom. The van der Waals surface area contributed by atoms with Crippen molar-refractivity contribution in [2.45, 2.75) is 63.8 Å². The first-order chi connectivity index (χ1) is 20.4.